The maximum Gasteiger partial charge on any atom is 0.0165 e. The van der Waals surface area contributed by atoms with Crippen LogP contribution in [0.25, 0.3) is 0 Å². The lowest BCUT2D eigenvalue weighted by Gasteiger charge is -2.16. The molecular formula is C8H14N2. The highest BCUT2D eigenvalue weighted by atomic mass is 14.7. The highest BCUT2D eigenvalue weighted by molar-refractivity contribution is 5.06. The second kappa shape index (κ2) is 2.46. The maximum absolute atomic E-state index is 5.81. The van der Waals surface area contributed by atoms with Gasteiger partial charge in [0.1, 0.15) is 0 Å². The van der Waals surface area contributed by atoms with E-state index in [0.29, 0.717) is 0 Å². The van der Waals surface area contributed by atoms with Crippen molar-refractivity contribution in [3.63, 3.8) is 0 Å². The van der Waals surface area contributed by atoms with Crippen LogP contribution in [0.15, 0.2) is 18.3 Å². The molecule has 0 spiro atoms. The van der Waals surface area contributed by atoms with E-state index in [1.54, 1.807) is 0 Å². The lowest BCUT2D eigenvalue weighted by Crippen LogP contribution is -2.34. The summed E-state index contributed by atoms with van der Waals surface area (Å²) in [5.41, 5.74) is 6.90. The number of aromatic amines is 1. The standard InChI is InChI=1S/C8H14N2/c1-8(2,9)6-7-4-3-5-10-7/h3-5,10H,6,9H2,1-2H3. The molecule has 0 bridgehead atoms. The molecule has 1 aromatic heterocycles. The van der Waals surface area contributed by atoms with Crippen molar-refractivity contribution >= 4 is 0 Å². The first-order chi connectivity index (χ1) is 4.58. The van der Waals surface area contributed by atoms with Crippen molar-refractivity contribution in [3.05, 3.63) is 24.0 Å². The van der Waals surface area contributed by atoms with E-state index >= 15 is 0 Å². The fraction of sp³-hybridized carbons (Fsp3) is 0.500. The smallest absolute Gasteiger partial charge is 0.0165 e. The zero-order valence-electron chi connectivity index (χ0n) is 6.52. The summed E-state index contributed by atoms with van der Waals surface area (Å²) >= 11 is 0. The first kappa shape index (κ1) is 7.35. The van der Waals surface area contributed by atoms with Crippen molar-refractivity contribution in [1.82, 2.24) is 4.98 Å². The largest absolute Gasteiger partial charge is 0.365 e. The Hall–Kier alpha value is -0.760. The number of nitrogens with one attached hydrogen (secondary N) is 1. The van der Waals surface area contributed by atoms with E-state index in [9.17, 15) is 0 Å². The number of aromatic nitrogens is 1. The van der Waals surface area contributed by atoms with Crippen LogP contribution in [0.2, 0.25) is 0 Å². The summed E-state index contributed by atoms with van der Waals surface area (Å²) < 4.78 is 0. The van der Waals surface area contributed by atoms with Crippen LogP contribution in [0.5, 0.6) is 0 Å². The normalized spacial score (nSPS) is 11.9. The Morgan fingerprint density at radius 3 is 2.70 bits per heavy atom. The molecule has 0 aliphatic rings. The zero-order valence-corrected chi connectivity index (χ0v) is 6.52. The molecule has 0 saturated heterocycles. The molecule has 56 valence electrons. The van der Waals surface area contributed by atoms with Crippen molar-refractivity contribution in [1.29, 1.82) is 0 Å². The Bertz CT molecular complexity index is 182. The van der Waals surface area contributed by atoms with Crippen LogP contribution in [-0.2, 0) is 6.42 Å². The molecule has 2 nitrogen and oxygen atoms in total. The molecule has 0 fully saturated rings. The zero-order chi connectivity index (χ0) is 7.61. The van der Waals surface area contributed by atoms with E-state index in [1.165, 1.54) is 5.69 Å². The van der Waals surface area contributed by atoms with E-state index < -0.39 is 0 Å². The van der Waals surface area contributed by atoms with Crippen molar-refractivity contribution in [3.8, 4) is 0 Å². The van der Waals surface area contributed by atoms with E-state index in [0.717, 1.165) is 6.42 Å². The van der Waals surface area contributed by atoms with Crippen LogP contribution in [0.4, 0.5) is 0 Å². The Labute approximate surface area is 61.4 Å². The van der Waals surface area contributed by atoms with Gasteiger partial charge in [-0.25, -0.2) is 0 Å². The van der Waals surface area contributed by atoms with Gasteiger partial charge in [-0.2, -0.15) is 0 Å². The van der Waals surface area contributed by atoms with E-state index in [4.69, 9.17) is 5.73 Å². The summed E-state index contributed by atoms with van der Waals surface area (Å²) in [7, 11) is 0. The maximum atomic E-state index is 5.81. The number of rotatable bonds is 2. The van der Waals surface area contributed by atoms with Gasteiger partial charge in [0, 0.05) is 23.9 Å². The van der Waals surface area contributed by atoms with E-state index in [1.807, 2.05) is 26.1 Å². The second-order valence-corrected chi connectivity index (χ2v) is 3.36. The molecule has 1 rings (SSSR count). The molecule has 10 heavy (non-hydrogen) atoms. The van der Waals surface area contributed by atoms with Crippen LogP contribution >= 0.6 is 0 Å². The van der Waals surface area contributed by atoms with Gasteiger partial charge in [0.15, 0.2) is 0 Å². The molecule has 1 heterocycles. The van der Waals surface area contributed by atoms with Gasteiger partial charge in [0.2, 0.25) is 0 Å². The van der Waals surface area contributed by atoms with Crippen molar-refractivity contribution in [2.45, 2.75) is 25.8 Å². The number of nitrogens with two attached hydrogens (primary N) is 1. The van der Waals surface area contributed by atoms with Gasteiger partial charge in [-0.3, -0.25) is 0 Å². The first-order valence-corrected chi connectivity index (χ1v) is 3.49. The van der Waals surface area contributed by atoms with Gasteiger partial charge in [0.25, 0.3) is 0 Å². The number of hydrogen-bond donors (Lipinski definition) is 2. The predicted molar refractivity (Wildman–Crippen MR) is 42.8 cm³/mol. The van der Waals surface area contributed by atoms with Gasteiger partial charge < -0.3 is 10.7 Å². The van der Waals surface area contributed by atoms with Gasteiger partial charge in [0.05, 0.1) is 0 Å². The summed E-state index contributed by atoms with van der Waals surface area (Å²) in [6.45, 7) is 4.04. The molecule has 0 atom stereocenters. The summed E-state index contributed by atoms with van der Waals surface area (Å²) in [6, 6.07) is 4.04. The van der Waals surface area contributed by atoms with E-state index in [-0.39, 0.29) is 5.54 Å². The van der Waals surface area contributed by atoms with Gasteiger partial charge in [-0.1, -0.05) is 0 Å². The van der Waals surface area contributed by atoms with Gasteiger partial charge in [-0.05, 0) is 26.0 Å². The van der Waals surface area contributed by atoms with Gasteiger partial charge in [-0.15, -0.1) is 0 Å². The predicted octanol–water partition coefficient (Wildman–Crippen LogP) is 1.29. The van der Waals surface area contributed by atoms with Gasteiger partial charge >= 0.3 is 0 Å². The molecule has 2 heteroatoms. The molecule has 0 aliphatic heterocycles. The SMILES string of the molecule is CC(C)(N)Cc1ccc[nH]1. The fourth-order valence-electron chi connectivity index (χ4n) is 0.968. The molecule has 0 aromatic carbocycles. The molecule has 3 N–H and O–H groups in total. The lowest BCUT2D eigenvalue weighted by molar-refractivity contribution is 0.511. The molecule has 0 aliphatic carbocycles. The molecule has 1 aromatic rings. The summed E-state index contributed by atoms with van der Waals surface area (Å²) in [4.78, 5) is 3.11. The molecule has 0 amide bonds. The Morgan fingerprint density at radius 2 is 2.30 bits per heavy atom. The third-order valence-corrected chi connectivity index (χ3v) is 1.31. The average molecular weight is 138 g/mol. The van der Waals surface area contributed by atoms with Crippen LogP contribution < -0.4 is 5.73 Å². The molecule has 0 unspecified atom stereocenters. The number of H-pyrrole nitrogens is 1. The minimum atomic E-state index is -0.106. The van der Waals surface area contributed by atoms with Crippen LogP contribution in [-0.4, -0.2) is 10.5 Å². The Kier molecular flexibility index (Phi) is 1.81. The lowest BCUT2D eigenvalue weighted by atomic mass is 10.0. The minimum absolute atomic E-state index is 0.106. The highest BCUT2D eigenvalue weighted by Crippen LogP contribution is 2.06. The monoisotopic (exact) mass is 138 g/mol. The highest BCUT2D eigenvalue weighted by Gasteiger charge is 2.11. The van der Waals surface area contributed by atoms with Crippen LogP contribution in [0.3, 0.4) is 0 Å². The average Bonchev–Trinajstić information content (AvgIpc) is 2.12. The quantitative estimate of drug-likeness (QED) is 0.635. The minimum Gasteiger partial charge on any atom is -0.365 e. The van der Waals surface area contributed by atoms with Crippen molar-refractivity contribution in [2.24, 2.45) is 5.73 Å². The van der Waals surface area contributed by atoms with Crippen molar-refractivity contribution in [2.75, 3.05) is 0 Å². The Morgan fingerprint density at radius 1 is 1.60 bits per heavy atom. The summed E-state index contributed by atoms with van der Waals surface area (Å²) in [5, 5.41) is 0. The second-order valence-electron chi connectivity index (χ2n) is 3.36. The molecule has 0 radical (unpaired) electrons. The molecule has 0 saturated carbocycles. The van der Waals surface area contributed by atoms with Crippen LogP contribution in [0, 0.1) is 0 Å². The number of hydrogen-bond acceptors (Lipinski definition) is 1. The third kappa shape index (κ3) is 2.23. The third-order valence-electron chi connectivity index (χ3n) is 1.31. The molecular weight excluding hydrogens is 124 g/mol. The topological polar surface area (TPSA) is 41.8 Å². The summed E-state index contributed by atoms with van der Waals surface area (Å²) in [5.74, 6) is 0. The van der Waals surface area contributed by atoms with E-state index in [2.05, 4.69) is 11.1 Å². The van der Waals surface area contributed by atoms with Crippen molar-refractivity contribution < 1.29 is 0 Å². The van der Waals surface area contributed by atoms with Crippen LogP contribution in [0.1, 0.15) is 19.5 Å². The Balaban J connectivity index is 2.57. The fourth-order valence-corrected chi connectivity index (χ4v) is 0.968. The first-order valence-electron chi connectivity index (χ1n) is 3.49. The summed E-state index contributed by atoms with van der Waals surface area (Å²) in [6.07, 6.45) is 2.82.